The summed E-state index contributed by atoms with van der Waals surface area (Å²) in [6.07, 6.45) is 4.00. The molecule has 0 saturated carbocycles. The summed E-state index contributed by atoms with van der Waals surface area (Å²) < 4.78 is 10.4. The molecule has 2 aromatic rings. The Morgan fingerprint density at radius 3 is 2.67 bits per heavy atom. The van der Waals surface area contributed by atoms with E-state index in [1.807, 2.05) is 0 Å². The molecule has 7 heteroatoms. The molecule has 0 aromatic heterocycles. The highest BCUT2D eigenvalue weighted by molar-refractivity contribution is 6.32. The summed E-state index contributed by atoms with van der Waals surface area (Å²) in [5.41, 5.74) is 1.25. The van der Waals surface area contributed by atoms with Gasteiger partial charge in [-0.1, -0.05) is 40.5 Å². The number of methoxy groups -OCH3 is 1. The quantitative estimate of drug-likeness (QED) is 0.212. The van der Waals surface area contributed by atoms with Crippen molar-refractivity contribution in [3.05, 3.63) is 63.6 Å². The fraction of sp³-hybridized carbons (Fsp3) is 0.0588. The van der Waals surface area contributed by atoms with Gasteiger partial charge in [-0.05, 0) is 35.9 Å². The molecule has 124 valence electrons. The summed E-state index contributed by atoms with van der Waals surface area (Å²) in [6.45, 7) is 0. The largest absolute Gasteiger partial charge is 0.493 e. The van der Waals surface area contributed by atoms with Crippen molar-refractivity contribution in [1.82, 2.24) is 0 Å². The van der Waals surface area contributed by atoms with Crippen molar-refractivity contribution in [2.75, 3.05) is 7.11 Å². The molecule has 0 radical (unpaired) electrons. The van der Waals surface area contributed by atoms with Crippen molar-refractivity contribution >= 4 is 41.5 Å². The van der Waals surface area contributed by atoms with Gasteiger partial charge in [-0.2, -0.15) is 0 Å². The summed E-state index contributed by atoms with van der Waals surface area (Å²) in [7, 11) is 1.41. The molecule has 0 aliphatic carbocycles. The fourth-order valence-electron chi connectivity index (χ4n) is 1.89. The third-order valence-corrected chi connectivity index (χ3v) is 3.44. The van der Waals surface area contributed by atoms with Crippen LogP contribution in [0, 0.1) is 0 Å². The molecular weight excluding hydrogens is 353 g/mol. The maximum absolute atomic E-state index is 12.0. The number of oxime groups is 1. The molecule has 24 heavy (non-hydrogen) atoms. The zero-order chi connectivity index (χ0) is 17.5. The van der Waals surface area contributed by atoms with E-state index in [0.717, 1.165) is 5.56 Å². The molecule has 0 fully saturated rings. The minimum absolute atomic E-state index is 0.0787. The van der Waals surface area contributed by atoms with E-state index in [0.29, 0.717) is 10.6 Å². The van der Waals surface area contributed by atoms with Crippen molar-refractivity contribution in [3.8, 4) is 11.5 Å². The van der Waals surface area contributed by atoms with Gasteiger partial charge in [0.05, 0.1) is 18.3 Å². The molecule has 2 rings (SSSR count). The Hall–Kier alpha value is -2.50. The molecule has 0 bridgehead atoms. The van der Waals surface area contributed by atoms with E-state index in [9.17, 15) is 4.79 Å². The van der Waals surface area contributed by atoms with E-state index in [4.69, 9.17) is 37.9 Å². The van der Waals surface area contributed by atoms with Gasteiger partial charge in [0.25, 0.3) is 0 Å². The molecule has 0 aliphatic heterocycles. The fourth-order valence-corrected chi connectivity index (χ4v) is 2.35. The van der Waals surface area contributed by atoms with Crippen LogP contribution in [0.3, 0.4) is 0 Å². The standard InChI is InChI=1S/C17H13Cl2NO4/c1-23-15-9-12(10-20-22)8-14(19)17(15)24-16(21)6-5-11-3-2-4-13(18)7-11/h2-10,22H,1H3/b6-5+,20-10+. The number of ether oxygens (including phenoxy) is 2. The van der Waals surface area contributed by atoms with Gasteiger partial charge in [-0.25, -0.2) is 4.79 Å². The van der Waals surface area contributed by atoms with Crippen LogP contribution in [0.4, 0.5) is 0 Å². The Labute approximate surface area is 148 Å². The van der Waals surface area contributed by atoms with Crippen LogP contribution in [-0.2, 0) is 4.79 Å². The van der Waals surface area contributed by atoms with Crippen LogP contribution in [-0.4, -0.2) is 24.5 Å². The SMILES string of the molecule is COc1cc(/C=N/O)cc(Cl)c1OC(=O)/C=C/c1cccc(Cl)c1. The van der Waals surface area contributed by atoms with Gasteiger partial charge >= 0.3 is 5.97 Å². The summed E-state index contributed by atoms with van der Waals surface area (Å²) >= 11 is 12.0. The maximum atomic E-state index is 12.0. The van der Waals surface area contributed by atoms with Crippen LogP contribution < -0.4 is 9.47 Å². The number of carbonyl (C=O) groups is 1. The van der Waals surface area contributed by atoms with Gasteiger partial charge in [-0.15, -0.1) is 0 Å². The Balaban J connectivity index is 2.19. The molecule has 2 aromatic carbocycles. The number of benzene rings is 2. The normalized spacial score (nSPS) is 11.1. The van der Waals surface area contributed by atoms with E-state index in [-0.39, 0.29) is 16.5 Å². The molecule has 1 N–H and O–H groups in total. The lowest BCUT2D eigenvalue weighted by Crippen LogP contribution is -2.06. The highest BCUT2D eigenvalue weighted by Gasteiger charge is 2.14. The van der Waals surface area contributed by atoms with Gasteiger partial charge < -0.3 is 14.7 Å². The van der Waals surface area contributed by atoms with Gasteiger partial charge in [0, 0.05) is 16.7 Å². The Kier molecular flexibility index (Phi) is 6.23. The Morgan fingerprint density at radius 2 is 2.00 bits per heavy atom. The average Bonchev–Trinajstić information content (AvgIpc) is 2.55. The Bertz CT molecular complexity index is 803. The zero-order valence-corrected chi connectivity index (χ0v) is 14.1. The number of rotatable bonds is 5. The number of halogens is 2. The molecule has 0 unspecified atom stereocenters. The van der Waals surface area contributed by atoms with Crippen molar-refractivity contribution < 1.29 is 19.5 Å². The first-order chi connectivity index (χ1) is 11.5. The van der Waals surface area contributed by atoms with Crippen LogP contribution in [0.15, 0.2) is 47.6 Å². The first kappa shape index (κ1) is 17.8. The molecule has 0 aliphatic rings. The minimum atomic E-state index is -0.626. The lowest BCUT2D eigenvalue weighted by Gasteiger charge is -2.10. The average molecular weight is 366 g/mol. The van der Waals surface area contributed by atoms with Crippen LogP contribution in [0.25, 0.3) is 6.08 Å². The van der Waals surface area contributed by atoms with E-state index >= 15 is 0 Å². The van der Waals surface area contributed by atoms with Crippen molar-refractivity contribution in [3.63, 3.8) is 0 Å². The monoisotopic (exact) mass is 365 g/mol. The van der Waals surface area contributed by atoms with Crippen LogP contribution >= 0.6 is 23.2 Å². The van der Waals surface area contributed by atoms with Crippen LogP contribution in [0.1, 0.15) is 11.1 Å². The number of hydrogen-bond acceptors (Lipinski definition) is 5. The predicted molar refractivity (Wildman–Crippen MR) is 93.5 cm³/mol. The molecule has 0 saturated heterocycles. The van der Waals surface area contributed by atoms with Crippen molar-refractivity contribution in [1.29, 1.82) is 0 Å². The minimum Gasteiger partial charge on any atom is -0.493 e. The van der Waals surface area contributed by atoms with E-state index in [2.05, 4.69) is 5.16 Å². The second-order valence-electron chi connectivity index (χ2n) is 4.59. The first-order valence-corrected chi connectivity index (χ1v) is 7.49. The van der Waals surface area contributed by atoms with Gasteiger partial charge in [0.1, 0.15) is 0 Å². The first-order valence-electron chi connectivity index (χ1n) is 6.74. The molecule has 0 spiro atoms. The summed E-state index contributed by atoms with van der Waals surface area (Å²) in [4.78, 5) is 12.0. The summed E-state index contributed by atoms with van der Waals surface area (Å²) in [5.74, 6) is -0.310. The molecule has 0 atom stereocenters. The predicted octanol–water partition coefficient (Wildman–Crippen LogP) is 4.43. The van der Waals surface area contributed by atoms with Gasteiger partial charge in [-0.3, -0.25) is 0 Å². The molecule has 0 heterocycles. The number of carbonyl (C=O) groups excluding carboxylic acids is 1. The molecule has 0 amide bonds. The highest BCUT2D eigenvalue weighted by atomic mass is 35.5. The van der Waals surface area contributed by atoms with E-state index < -0.39 is 5.97 Å². The van der Waals surface area contributed by atoms with E-state index in [1.165, 1.54) is 31.5 Å². The number of hydrogen-bond donors (Lipinski definition) is 1. The molecular formula is C17H13Cl2NO4. The smallest absolute Gasteiger partial charge is 0.336 e. The third kappa shape index (κ3) is 4.75. The van der Waals surface area contributed by atoms with Crippen LogP contribution in [0.2, 0.25) is 10.0 Å². The lowest BCUT2D eigenvalue weighted by atomic mass is 10.2. The Morgan fingerprint density at radius 1 is 1.21 bits per heavy atom. The highest BCUT2D eigenvalue weighted by Crippen LogP contribution is 2.36. The second-order valence-corrected chi connectivity index (χ2v) is 5.43. The lowest BCUT2D eigenvalue weighted by molar-refractivity contribution is -0.129. The third-order valence-electron chi connectivity index (χ3n) is 2.92. The van der Waals surface area contributed by atoms with E-state index in [1.54, 1.807) is 30.3 Å². The number of nitrogens with zero attached hydrogens (tertiary/aromatic N) is 1. The second kappa shape index (κ2) is 8.38. The van der Waals surface area contributed by atoms with Crippen molar-refractivity contribution in [2.45, 2.75) is 0 Å². The summed E-state index contributed by atoms with van der Waals surface area (Å²) in [6, 6.07) is 10.0. The zero-order valence-electron chi connectivity index (χ0n) is 12.6. The van der Waals surface area contributed by atoms with Gasteiger partial charge in [0.15, 0.2) is 11.5 Å². The summed E-state index contributed by atoms with van der Waals surface area (Å²) in [5, 5.41) is 12.2. The molecule has 5 nitrogen and oxygen atoms in total. The van der Waals surface area contributed by atoms with Gasteiger partial charge in [0.2, 0.25) is 0 Å². The maximum Gasteiger partial charge on any atom is 0.336 e. The van der Waals surface area contributed by atoms with Crippen LogP contribution in [0.5, 0.6) is 11.5 Å². The van der Waals surface area contributed by atoms with Crippen molar-refractivity contribution in [2.24, 2.45) is 5.16 Å². The topological polar surface area (TPSA) is 68.1 Å². The number of esters is 1.